The molecule has 0 N–H and O–H groups in total. The van der Waals surface area contributed by atoms with Gasteiger partial charge in [-0.3, -0.25) is 4.79 Å². The second kappa shape index (κ2) is 6.72. The highest BCUT2D eigenvalue weighted by Gasteiger charge is 2.16. The number of benzene rings is 2. The molecule has 0 aliphatic carbocycles. The standard InChI is InChI=1S/C16H14BrFO3/c1-20-12-4-6-16(21-2)13(9-12)15(19)8-10-7-11(18)3-5-14(10)17/h3-7,9H,8H2,1-2H3. The summed E-state index contributed by atoms with van der Waals surface area (Å²) in [5.74, 6) is 0.487. The van der Waals surface area contributed by atoms with Crippen molar-refractivity contribution in [3.05, 3.63) is 57.8 Å². The zero-order valence-corrected chi connectivity index (χ0v) is 13.2. The summed E-state index contributed by atoms with van der Waals surface area (Å²) in [5.41, 5.74) is 0.998. The summed E-state index contributed by atoms with van der Waals surface area (Å²) in [4.78, 5) is 12.4. The van der Waals surface area contributed by atoms with Gasteiger partial charge in [-0.15, -0.1) is 0 Å². The van der Waals surface area contributed by atoms with Gasteiger partial charge in [0.25, 0.3) is 0 Å². The van der Waals surface area contributed by atoms with Gasteiger partial charge in [0.15, 0.2) is 5.78 Å². The number of carbonyl (C=O) groups is 1. The summed E-state index contributed by atoms with van der Waals surface area (Å²) >= 11 is 3.32. The second-order valence-corrected chi connectivity index (χ2v) is 5.26. The van der Waals surface area contributed by atoms with Crippen LogP contribution in [0.4, 0.5) is 4.39 Å². The van der Waals surface area contributed by atoms with Crippen LogP contribution in [0.1, 0.15) is 15.9 Å². The first kappa shape index (κ1) is 15.5. The van der Waals surface area contributed by atoms with Crippen molar-refractivity contribution >= 4 is 21.7 Å². The molecule has 0 saturated carbocycles. The number of ketones is 1. The normalized spacial score (nSPS) is 10.3. The largest absolute Gasteiger partial charge is 0.497 e. The van der Waals surface area contributed by atoms with Crippen molar-refractivity contribution in [3.63, 3.8) is 0 Å². The van der Waals surface area contributed by atoms with Crippen molar-refractivity contribution in [2.45, 2.75) is 6.42 Å². The molecule has 0 fully saturated rings. The maximum atomic E-state index is 13.3. The van der Waals surface area contributed by atoms with Crippen molar-refractivity contribution in [3.8, 4) is 11.5 Å². The Bertz CT molecular complexity index is 671. The molecule has 2 aromatic rings. The molecular weight excluding hydrogens is 339 g/mol. The van der Waals surface area contributed by atoms with Gasteiger partial charge in [0, 0.05) is 10.9 Å². The molecular formula is C16H14BrFO3. The van der Waals surface area contributed by atoms with Crippen LogP contribution in [0.5, 0.6) is 11.5 Å². The molecule has 21 heavy (non-hydrogen) atoms. The molecule has 5 heteroatoms. The van der Waals surface area contributed by atoms with Crippen molar-refractivity contribution in [2.75, 3.05) is 14.2 Å². The molecule has 0 radical (unpaired) electrons. The lowest BCUT2D eigenvalue weighted by atomic mass is 10.0. The van der Waals surface area contributed by atoms with E-state index in [1.54, 1.807) is 24.3 Å². The maximum Gasteiger partial charge on any atom is 0.171 e. The van der Waals surface area contributed by atoms with Crippen molar-refractivity contribution in [2.24, 2.45) is 0 Å². The van der Waals surface area contributed by atoms with Crippen LogP contribution in [0.3, 0.4) is 0 Å². The lowest BCUT2D eigenvalue weighted by Gasteiger charge is -2.10. The Morgan fingerprint density at radius 2 is 1.90 bits per heavy atom. The topological polar surface area (TPSA) is 35.5 Å². The van der Waals surface area contributed by atoms with Crippen LogP contribution in [0.15, 0.2) is 40.9 Å². The van der Waals surface area contributed by atoms with E-state index in [1.165, 1.54) is 26.4 Å². The Kier molecular flexibility index (Phi) is 4.96. The molecule has 0 aromatic heterocycles. The van der Waals surface area contributed by atoms with Crippen molar-refractivity contribution < 1.29 is 18.7 Å². The van der Waals surface area contributed by atoms with Gasteiger partial charge in [0.05, 0.1) is 19.8 Å². The number of halogens is 2. The van der Waals surface area contributed by atoms with E-state index in [4.69, 9.17) is 9.47 Å². The number of hydrogen-bond donors (Lipinski definition) is 0. The van der Waals surface area contributed by atoms with Gasteiger partial charge < -0.3 is 9.47 Å². The highest BCUT2D eigenvalue weighted by molar-refractivity contribution is 9.10. The molecule has 0 amide bonds. The molecule has 0 aliphatic heterocycles. The van der Waals surface area contributed by atoms with E-state index >= 15 is 0 Å². The van der Waals surface area contributed by atoms with Crippen LogP contribution in [0.2, 0.25) is 0 Å². The third-order valence-corrected chi connectivity index (χ3v) is 3.84. The summed E-state index contributed by atoms with van der Waals surface area (Å²) in [6.07, 6.45) is 0.0713. The van der Waals surface area contributed by atoms with Crippen LogP contribution >= 0.6 is 15.9 Å². The van der Waals surface area contributed by atoms with Gasteiger partial charge >= 0.3 is 0 Å². The molecule has 110 valence electrons. The number of carbonyl (C=O) groups excluding carboxylic acids is 1. The van der Waals surface area contributed by atoms with Crippen molar-refractivity contribution in [1.82, 2.24) is 0 Å². The Hall–Kier alpha value is -1.88. The summed E-state index contributed by atoms with van der Waals surface area (Å²) in [6, 6.07) is 9.27. The summed E-state index contributed by atoms with van der Waals surface area (Å²) in [7, 11) is 3.02. The number of hydrogen-bond acceptors (Lipinski definition) is 3. The lowest BCUT2D eigenvalue weighted by Crippen LogP contribution is -2.07. The Morgan fingerprint density at radius 1 is 1.14 bits per heavy atom. The Balaban J connectivity index is 2.33. The minimum Gasteiger partial charge on any atom is -0.497 e. The average molecular weight is 353 g/mol. The molecule has 3 nitrogen and oxygen atoms in total. The third kappa shape index (κ3) is 3.61. The predicted molar refractivity (Wildman–Crippen MR) is 81.7 cm³/mol. The van der Waals surface area contributed by atoms with Gasteiger partial charge in [-0.1, -0.05) is 15.9 Å². The SMILES string of the molecule is COc1ccc(OC)c(C(=O)Cc2cc(F)ccc2Br)c1. The summed E-state index contributed by atoms with van der Waals surface area (Å²) < 4.78 is 24.3. The van der Waals surface area contributed by atoms with Gasteiger partial charge in [-0.05, 0) is 42.0 Å². The molecule has 0 saturated heterocycles. The van der Waals surface area contributed by atoms with Crippen LogP contribution in [0.25, 0.3) is 0 Å². The Morgan fingerprint density at radius 3 is 2.57 bits per heavy atom. The summed E-state index contributed by atoms with van der Waals surface area (Å²) in [6.45, 7) is 0. The fourth-order valence-corrected chi connectivity index (χ4v) is 2.37. The number of Topliss-reactive ketones (excluding diaryl/α,β-unsaturated/α-hetero) is 1. The van der Waals surface area contributed by atoms with E-state index in [-0.39, 0.29) is 18.0 Å². The van der Waals surface area contributed by atoms with Crippen LogP contribution in [0, 0.1) is 5.82 Å². The number of ether oxygens (including phenoxy) is 2. The minimum atomic E-state index is -0.376. The molecule has 2 rings (SSSR count). The highest BCUT2D eigenvalue weighted by atomic mass is 79.9. The smallest absolute Gasteiger partial charge is 0.171 e. The molecule has 0 heterocycles. The lowest BCUT2D eigenvalue weighted by molar-refractivity contribution is 0.0989. The first-order valence-electron chi connectivity index (χ1n) is 6.24. The molecule has 0 atom stereocenters. The fourth-order valence-electron chi connectivity index (χ4n) is 1.98. The van der Waals surface area contributed by atoms with E-state index in [2.05, 4.69) is 15.9 Å². The maximum absolute atomic E-state index is 13.3. The van der Waals surface area contributed by atoms with Gasteiger partial charge in [0.1, 0.15) is 17.3 Å². The van der Waals surface area contributed by atoms with Gasteiger partial charge in [0.2, 0.25) is 0 Å². The van der Waals surface area contributed by atoms with E-state index in [9.17, 15) is 9.18 Å². The van der Waals surface area contributed by atoms with Crippen LogP contribution < -0.4 is 9.47 Å². The zero-order chi connectivity index (χ0) is 15.4. The average Bonchev–Trinajstić information content (AvgIpc) is 2.50. The first-order valence-corrected chi connectivity index (χ1v) is 7.03. The van der Waals surface area contributed by atoms with E-state index in [0.717, 1.165) is 0 Å². The van der Waals surface area contributed by atoms with Gasteiger partial charge in [-0.2, -0.15) is 0 Å². The van der Waals surface area contributed by atoms with E-state index in [0.29, 0.717) is 27.1 Å². The van der Waals surface area contributed by atoms with Crippen LogP contribution in [-0.4, -0.2) is 20.0 Å². The third-order valence-electron chi connectivity index (χ3n) is 3.07. The summed E-state index contributed by atoms with van der Waals surface area (Å²) in [5, 5.41) is 0. The molecule has 0 spiro atoms. The van der Waals surface area contributed by atoms with Gasteiger partial charge in [-0.25, -0.2) is 4.39 Å². The van der Waals surface area contributed by atoms with Crippen molar-refractivity contribution in [1.29, 1.82) is 0 Å². The number of rotatable bonds is 5. The van der Waals surface area contributed by atoms with E-state index in [1.807, 2.05) is 0 Å². The number of methoxy groups -OCH3 is 2. The quantitative estimate of drug-likeness (QED) is 0.762. The second-order valence-electron chi connectivity index (χ2n) is 4.40. The molecule has 0 aliphatic rings. The first-order chi connectivity index (χ1) is 10.0. The minimum absolute atomic E-state index is 0.0713. The molecule has 2 aromatic carbocycles. The monoisotopic (exact) mass is 352 g/mol. The highest BCUT2D eigenvalue weighted by Crippen LogP contribution is 2.27. The zero-order valence-electron chi connectivity index (χ0n) is 11.7. The Labute approximate surface area is 130 Å². The van der Waals surface area contributed by atoms with Crippen LogP contribution in [-0.2, 0) is 6.42 Å². The fraction of sp³-hybridized carbons (Fsp3) is 0.188. The molecule has 0 bridgehead atoms. The van der Waals surface area contributed by atoms with E-state index < -0.39 is 0 Å². The molecule has 0 unspecified atom stereocenters. The predicted octanol–water partition coefficient (Wildman–Crippen LogP) is 4.03.